The van der Waals surface area contributed by atoms with Gasteiger partial charge in [0, 0.05) is 5.92 Å². The Labute approximate surface area is 121 Å². The summed E-state index contributed by atoms with van der Waals surface area (Å²) < 4.78 is 10.6. The average Bonchev–Trinajstić information content (AvgIpc) is 3.07. The van der Waals surface area contributed by atoms with Crippen molar-refractivity contribution < 1.29 is 13.6 Å². The first-order chi connectivity index (χ1) is 9.56. The van der Waals surface area contributed by atoms with Gasteiger partial charge < -0.3 is 14.2 Å². The molecule has 2 heterocycles. The van der Waals surface area contributed by atoms with E-state index in [1.54, 1.807) is 12.3 Å². The number of aromatic nitrogens is 2. The number of nitrogens with one attached hydrogen (secondary N) is 1. The first kappa shape index (κ1) is 14.6. The van der Waals surface area contributed by atoms with Gasteiger partial charge >= 0.3 is 0 Å². The fourth-order valence-corrected chi connectivity index (χ4v) is 2.11. The van der Waals surface area contributed by atoms with Gasteiger partial charge in [-0.3, -0.25) is 4.79 Å². The summed E-state index contributed by atoms with van der Waals surface area (Å²) in [4.78, 5) is 11.8. The number of hydrogen-bond donors (Lipinski definition) is 1. The summed E-state index contributed by atoms with van der Waals surface area (Å²) in [6.45, 7) is 5.81. The minimum atomic E-state index is -0.160. The number of hydrogen-bond acceptors (Lipinski definition) is 6. The van der Waals surface area contributed by atoms with Gasteiger partial charge in [0.2, 0.25) is 11.8 Å². The Morgan fingerprint density at radius 1 is 1.40 bits per heavy atom. The molecule has 0 aliphatic heterocycles. The Balaban J connectivity index is 1.80. The molecule has 1 amide bonds. The number of furan rings is 1. The van der Waals surface area contributed by atoms with E-state index in [0.29, 0.717) is 11.1 Å². The summed E-state index contributed by atoms with van der Waals surface area (Å²) in [6.07, 6.45) is 1.58. The summed E-state index contributed by atoms with van der Waals surface area (Å²) in [6, 6.07) is 3.45. The molecule has 0 bridgehead atoms. The van der Waals surface area contributed by atoms with Gasteiger partial charge in [-0.1, -0.05) is 25.6 Å². The van der Waals surface area contributed by atoms with E-state index in [0.717, 1.165) is 5.76 Å². The van der Waals surface area contributed by atoms with Crippen molar-refractivity contribution in [3.05, 3.63) is 30.0 Å². The Hall–Kier alpha value is -1.76. The zero-order valence-electron chi connectivity index (χ0n) is 11.6. The number of carbonyl (C=O) groups excluding carboxylic acids is 1. The normalized spacial score (nSPS) is 12.6. The van der Waals surface area contributed by atoms with E-state index in [1.165, 1.54) is 11.8 Å². The molecule has 0 saturated carbocycles. The van der Waals surface area contributed by atoms with Crippen LogP contribution >= 0.6 is 11.8 Å². The summed E-state index contributed by atoms with van der Waals surface area (Å²) in [5.74, 6) is 1.61. The lowest BCUT2D eigenvalue weighted by atomic mass is 10.2. The van der Waals surface area contributed by atoms with Crippen molar-refractivity contribution in [2.45, 2.75) is 38.0 Å². The molecule has 1 atom stereocenters. The minimum Gasteiger partial charge on any atom is -0.467 e. The predicted octanol–water partition coefficient (Wildman–Crippen LogP) is 2.76. The molecule has 2 aromatic rings. The van der Waals surface area contributed by atoms with Crippen LogP contribution in [0.25, 0.3) is 0 Å². The molecule has 6 nitrogen and oxygen atoms in total. The van der Waals surface area contributed by atoms with Gasteiger partial charge in [0.1, 0.15) is 5.76 Å². The van der Waals surface area contributed by atoms with E-state index in [-0.39, 0.29) is 23.6 Å². The van der Waals surface area contributed by atoms with E-state index in [4.69, 9.17) is 8.83 Å². The topological polar surface area (TPSA) is 81.2 Å². The smallest absolute Gasteiger partial charge is 0.277 e. The van der Waals surface area contributed by atoms with Crippen molar-refractivity contribution in [3.63, 3.8) is 0 Å². The maximum atomic E-state index is 11.8. The van der Waals surface area contributed by atoms with E-state index in [9.17, 15) is 4.79 Å². The van der Waals surface area contributed by atoms with Gasteiger partial charge in [-0.2, -0.15) is 0 Å². The van der Waals surface area contributed by atoms with Crippen LogP contribution in [-0.2, 0) is 4.79 Å². The van der Waals surface area contributed by atoms with Crippen molar-refractivity contribution in [2.75, 3.05) is 5.75 Å². The summed E-state index contributed by atoms with van der Waals surface area (Å²) in [7, 11) is 0. The summed E-state index contributed by atoms with van der Waals surface area (Å²) in [5, 5.41) is 11.0. The molecule has 0 saturated heterocycles. The summed E-state index contributed by atoms with van der Waals surface area (Å²) >= 11 is 1.22. The lowest BCUT2D eigenvalue weighted by Gasteiger charge is -2.10. The van der Waals surface area contributed by atoms with Crippen LogP contribution in [0.15, 0.2) is 32.5 Å². The third-order valence-corrected chi connectivity index (χ3v) is 3.41. The van der Waals surface area contributed by atoms with Gasteiger partial charge in [0.05, 0.1) is 18.1 Å². The van der Waals surface area contributed by atoms with Gasteiger partial charge in [0.25, 0.3) is 5.22 Å². The first-order valence-electron chi connectivity index (χ1n) is 6.35. The number of nitrogens with zero attached hydrogens (tertiary/aromatic N) is 2. The zero-order valence-corrected chi connectivity index (χ0v) is 12.4. The van der Waals surface area contributed by atoms with Crippen LogP contribution in [0, 0.1) is 0 Å². The average molecular weight is 295 g/mol. The minimum absolute atomic E-state index is 0.108. The third kappa shape index (κ3) is 3.86. The SMILES string of the molecule is CC(C)c1nnc(SCC(=O)N[C@H](C)c2ccco2)o1. The van der Waals surface area contributed by atoms with Crippen LogP contribution in [-0.4, -0.2) is 21.9 Å². The lowest BCUT2D eigenvalue weighted by Crippen LogP contribution is -2.27. The predicted molar refractivity (Wildman–Crippen MR) is 74.4 cm³/mol. The Kier molecular flexibility index (Phi) is 4.84. The van der Waals surface area contributed by atoms with E-state index >= 15 is 0 Å². The van der Waals surface area contributed by atoms with Crippen molar-refractivity contribution in [2.24, 2.45) is 0 Å². The van der Waals surface area contributed by atoms with Crippen LogP contribution in [0.4, 0.5) is 0 Å². The van der Waals surface area contributed by atoms with Crippen LogP contribution in [0.2, 0.25) is 0 Å². The molecule has 0 unspecified atom stereocenters. The molecule has 0 aliphatic rings. The van der Waals surface area contributed by atoms with E-state index < -0.39 is 0 Å². The Morgan fingerprint density at radius 3 is 2.80 bits per heavy atom. The first-order valence-corrected chi connectivity index (χ1v) is 7.33. The quantitative estimate of drug-likeness (QED) is 0.825. The fourth-order valence-electron chi connectivity index (χ4n) is 1.53. The van der Waals surface area contributed by atoms with Crippen LogP contribution in [0.3, 0.4) is 0 Å². The second-order valence-corrected chi connectivity index (χ2v) is 5.58. The highest BCUT2D eigenvalue weighted by molar-refractivity contribution is 7.99. The molecule has 108 valence electrons. The Morgan fingerprint density at radius 2 is 2.20 bits per heavy atom. The van der Waals surface area contributed by atoms with Crippen LogP contribution < -0.4 is 5.32 Å². The molecule has 0 radical (unpaired) electrons. The van der Waals surface area contributed by atoms with Gasteiger partial charge in [-0.05, 0) is 19.1 Å². The number of rotatable bonds is 6. The molecule has 0 aromatic carbocycles. The highest BCUT2D eigenvalue weighted by Gasteiger charge is 2.14. The van der Waals surface area contributed by atoms with Crippen molar-refractivity contribution >= 4 is 17.7 Å². The lowest BCUT2D eigenvalue weighted by molar-refractivity contribution is -0.119. The standard InChI is InChI=1S/C13H17N3O3S/c1-8(2)12-15-16-13(19-12)20-7-11(17)14-9(3)10-5-4-6-18-10/h4-6,8-9H,7H2,1-3H3,(H,14,17)/t9-/m1/s1. The molecule has 0 spiro atoms. The second kappa shape index (κ2) is 6.60. The van der Waals surface area contributed by atoms with E-state index in [1.807, 2.05) is 26.8 Å². The van der Waals surface area contributed by atoms with Crippen molar-refractivity contribution in [1.82, 2.24) is 15.5 Å². The maximum absolute atomic E-state index is 11.8. The van der Waals surface area contributed by atoms with Crippen molar-refractivity contribution in [1.29, 1.82) is 0 Å². The molecule has 0 fully saturated rings. The van der Waals surface area contributed by atoms with Gasteiger partial charge in [-0.15, -0.1) is 10.2 Å². The fraction of sp³-hybridized carbons (Fsp3) is 0.462. The monoisotopic (exact) mass is 295 g/mol. The summed E-state index contributed by atoms with van der Waals surface area (Å²) in [5.41, 5.74) is 0. The van der Waals surface area contributed by atoms with Crippen molar-refractivity contribution in [3.8, 4) is 0 Å². The maximum Gasteiger partial charge on any atom is 0.277 e. The van der Waals surface area contributed by atoms with Gasteiger partial charge in [-0.25, -0.2) is 0 Å². The highest BCUT2D eigenvalue weighted by Crippen LogP contribution is 2.20. The molecule has 2 rings (SSSR count). The number of amides is 1. The molecule has 1 N–H and O–H groups in total. The number of carbonyl (C=O) groups is 1. The Bertz CT molecular complexity index is 551. The molecule has 20 heavy (non-hydrogen) atoms. The second-order valence-electron chi connectivity index (χ2n) is 4.65. The van der Waals surface area contributed by atoms with Crippen LogP contribution in [0.5, 0.6) is 0 Å². The molecule has 0 aliphatic carbocycles. The highest BCUT2D eigenvalue weighted by atomic mass is 32.2. The third-order valence-electron chi connectivity index (χ3n) is 2.59. The number of thioether (sulfide) groups is 1. The molecule has 7 heteroatoms. The molecular formula is C13H17N3O3S. The molecule has 2 aromatic heterocycles. The van der Waals surface area contributed by atoms with Gasteiger partial charge in [0.15, 0.2) is 0 Å². The van der Waals surface area contributed by atoms with E-state index in [2.05, 4.69) is 15.5 Å². The van der Waals surface area contributed by atoms with Crippen LogP contribution in [0.1, 0.15) is 44.4 Å². The zero-order chi connectivity index (χ0) is 14.5. The largest absolute Gasteiger partial charge is 0.467 e. The molecular weight excluding hydrogens is 278 g/mol.